The third-order valence-corrected chi connectivity index (χ3v) is 4.50. The van der Waals surface area contributed by atoms with E-state index in [2.05, 4.69) is 46.0 Å². The molecule has 0 aromatic heterocycles. The zero-order valence-corrected chi connectivity index (χ0v) is 13.0. The van der Waals surface area contributed by atoms with Crippen molar-refractivity contribution in [2.24, 2.45) is 0 Å². The molecule has 0 spiro atoms. The van der Waals surface area contributed by atoms with Crippen molar-refractivity contribution in [3.8, 4) is 0 Å². The van der Waals surface area contributed by atoms with E-state index in [-0.39, 0.29) is 0 Å². The van der Waals surface area contributed by atoms with Gasteiger partial charge in [-0.1, -0.05) is 13.0 Å². The second kappa shape index (κ2) is 6.06. The summed E-state index contributed by atoms with van der Waals surface area (Å²) in [5, 5.41) is 3.65. The van der Waals surface area contributed by atoms with E-state index in [1.807, 2.05) is 0 Å². The SMILES string of the molecule is CCNC(c1c(C)c(C)cc(C)c1C)C1CCCO1. The van der Waals surface area contributed by atoms with Crippen LogP contribution in [-0.2, 0) is 4.74 Å². The molecule has 2 nitrogen and oxygen atoms in total. The summed E-state index contributed by atoms with van der Waals surface area (Å²) in [4.78, 5) is 0. The molecule has 1 aromatic rings. The number of hydrogen-bond donors (Lipinski definition) is 1. The van der Waals surface area contributed by atoms with Gasteiger partial charge in [-0.25, -0.2) is 0 Å². The molecule has 19 heavy (non-hydrogen) atoms. The maximum absolute atomic E-state index is 5.95. The molecule has 2 rings (SSSR count). The Balaban J connectivity index is 2.46. The average molecular weight is 261 g/mol. The predicted octanol–water partition coefficient (Wildman–Crippen LogP) is 3.75. The van der Waals surface area contributed by atoms with Crippen LogP contribution in [0.1, 0.15) is 53.6 Å². The first-order chi connectivity index (χ1) is 9.06. The van der Waals surface area contributed by atoms with E-state index in [9.17, 15) is 0 Å². The molecule has 0 radical (unpaired) electrons. The third kappa shape index (κ3) is 2.85. The van der Waals surface area contributed by atoms with Crippen molar-refractivity contribution in [3.05, 3.63) is 33.9 Å². The summed E-state index contributed by atoms with van der Waals surface area (Å²) in [7, 11) is 0. The Bertz CT molecular complexity index is 421. The van der Waals surface area contributed by atoms with E-state index in [1.165, 1.54) is 40.7 Å². The van der Waals surface area contributed by atoms with Crippen LogP contribution in [0.25, 0.3) is 0 Å². The zero-order valence-electron chi connectivity index (χ0n) is 13.0. The maximum atomic E-state index is 5.95. The lowest BCUT2D eigenvalue weighted by atomic mass is 9.87. The molecule has 2 heteroatoms. The van der Waals surface area contributed by atoms with Crippen LogP contribution in [0.15, 0.2) is 6.07 Å². The molecule has 2 atom stereocenters. The van der Waals surface area contributed by atoms with E-state index in [4.69, 9.17) is 4.74 Å². The molecule has 106 valence electrons. The summed E-state index contributed by atoms with van der Waals surface area (Å²) in [5.41, 5.74) is 7.08. The lowest BCUT2D eigenvalue weighted by molar-refractivity contribution is 0.0784. The van der Waals surface area contributed by atoms with E-state index >= 15 is 0 Å². The number of rotatable bonds is 4. The molecule has 1 heterocycles. The van der Waals surface area contributed by atoms with Crippen molar-refractivity contribution in [1.82, 2.24) is 5.32 Å². The van der Waals surface area contributed by atoms with Gasteiger partial charge in [-0.05, 0) is 74.9 Å². The molecular weight excluding hydrogens is 234 g/mol. The number of hydrogen-bond acceptors (Lipinski definition) is 2. The van der Waals surface area contributed by atoms with Crippen LogP contribution >= 0.6 is 0 Å². The Morgan fingerprint density at radius 2 is 1.84 bits per heavy atom. The molecule has 1 aromatic carbocycles. The van der Waals surface area contributed by atoms with Gasteiger partial charge in [0.25, 0.3) is 0 Å². The Labute approximate surface area is 117 Å². The van der Waals surface area contributed by atoms with Crippen molar-refractivity contribution in [2.45, 2.75) is 59.6 Å². The summed E-state index contributed by atoms with van der Waals surface area (Å²) in [6, 6.07) is 2.64. The second-order valence-corrected chi connectivity index (χ2v) is 5.76. The molecular formula is C17H27NO. The number of likely N-dealkylation sites (N-methyl/N-ethyl adjacent to an activating group) is 1. The molecule has 0 saturated carbocycles. The lowest BCUT2D eigenvalue weighted by Crippen LogP contribution is -2.33. The largest absolute Gasteiger partial charge is 0.376 e. The van der Waals surface area contributed by atoms with Crippen LogP contribution in [0.3, 0.4) is 0 Å². The fourth-order valence-corrected chi connectivity index (χ4v) is 3.22. The highest BCUT2D eigenvalue weighted by molar-refractivity contribution is 5.46. The normalized spacial score (nSPS) is 20.8. The van der Waals surface area contributed by atoms with Gasteiger partial charge >= 0.3 is 0 Å². The molecule has 0 bridgehead atoms. The first kappa shape index (κ1) is 14.5. The van der Waals surface area contributed by atoms with Gasteiger partial charge in [0.05, 0.1) is 12.1 Å². The Morgan fingerprint density at radius 1 is 1.21 bits per heavy atom. The van der Waals surface area contributed by atoms with Crippen LogP contribution in [0.5, 0.6) is 0 Å². The fraction of sp³-hybridized carbons (Fsp3) is 0.647. The van der Waals surface area contributed by atoms with E-state index in [1.54, 1.807) is 0 Å². The van der Waals surface area contributed by atoms with Gasteiger partial charge in [-0.2, -0.15) is 0 Å². The first-order valence-corrected chi connectivity index (χ1v) is 7.48. The van der Waals surface area contributed by atoms with Gasteiger partial charge in [0.1, 0.15) is 0 Å². The molecule has 1 saturated heterocycles. The van der Waals surface area contributed by atoms with E-state index in [0.29, 0.717) is 12.1 Å². The quantitative estimate of drug-likeness (QED) is 0.891. The Kier molecular flexibility index (Phi) is 4.64. The Hall–Kier alpha value is -0.860. The van der Waals surface area contributed by atoms with Crippen LogP contribution in [0.4, 0.5) is 0 Å². The first-order valence-electron chi connectivity index (χ1n) is 7.48. The van der Waals surface area contributed by atoms with Crippen molar-refractivity contribution < 1.29 is 4.74 Å². The highest BCUT2D eigenvalue weighted by Gasteiger charge is 2.29. The van der Waals surface area contributed by atoms with Gasteiger partial charge < -0.3 is 10.1 Å². The fourth-order valence-electron chi connectivity index (χ4n) is 3.22. The average Bonchev–Trinajstić information content (AvgIpc) is 2.89. The summed E-state index contributed by atoms with van der Waals surface area (Å²) in [5.74, 6) is 0. The lowest BCUT2D eigenvalue weighted by Gasteiger charge is -2.29. The van der Waals surface area contributed by atoms with Crippen LogP contribution in [0.2, 0.25) is 0 Å². The van der Waals surface area contributed by atoms with Crippen LogP contribution < -0.4 is 5.32 Å². The summed E-state index contributed by atoms with van der Waals surface area (Å²) < 4.78 is 5.95. The minimum atomic E-state index is 0.332. The smallest absolute Gasteiger partial charge is 0.0770 e. The van der Waals surface area contributed by atoms with E-state index in [0.717, 1.165) is 13.2 Å². The van der Waals surface area contributed by atoms with Crippen molar-refractivity contribution in [1.29, 1.82) is 0 Å². The minimum absolute atomic E-state index is 0.332. The molecule has 1 N–H and O–H groups in total. The van der Waals surface area contributed by atoms with Gasteiger partial charge in [0.2, 0.25) is 0 Å². The monoisotopic (exact) mass is 261 g/mol. The molecule has 0 amide bonds. The van der Waals surface area contributed by atoms with E-state index < -0.39 is 0 Å². The van der Waals surface area contributed by atoms with Crippen LogP contribution in [-0.4, -0.2) is 19.3 Å². The molecule has 1 fully saturated rings. The maximum Gasteiger partial charge on any atom is 0.0770 e. The summed E-state index contributed by atoms with van der Waals surface area (Å²) >= 11 is 0. The zero-order chi connectivity index (χ0) is 14.0. The predicted molar refractivity (Wildman–Crippen MR) is 80.8 cm³/mol. The van der Waals surface area contributed by atoms with Crippen LogP contribution in [0, 0.1) is 27.7 Å². The Morgan fingerprint density at radius 3 is 2.32 bits per heavy atom. The number of ether oxygens (including phenoxy) is 1. The standard InChI is InChI=1S/C17H27NO/c1-6-18-17(15-8-7-9-19-15)16-13(4)11(2)10-12(3)14(16)5/h10,15,17-18H,6-9H2,1-5H3. The highest BCUT2D eigenvalue weighted by atomic mass is 16.5. The highest BCUT2D eigenvalue weighted by Crippen LogP contribution is 2.33. The molecule has 2 unspecified atom stereocenters. The van der Waals surface area contributed by atoms with Crippen molar-refractivity contribution in [3.63, 3.8) is 0 Å². The molecule has 1 aliphatic rings. The summed E-state index contributed by atoms with van der Waals surface area (Å²) in [6.07, 6.45) is 2.69. The number of aryl methyl sites for hydroxylation is 2. The number of benzene rings is 1. The van der Waals surface area contributed by atoms with Gasteiger partial charge in [-0.15, -0.1) is 0 Å². The van der Waals surface area contributed by atoms with Gasteiger partial charge in [0.15, 0.2) is 0 Å². The number of nitrogens with one attached hydrogen (secondary N) is 1. The van der Waals surface area contributed by atoms with Crippen molar-refractivity contribution in [2.75, 3.05) is 13.2 Å². The van der Waals surface area contributed by atoms with Gasteiger partial charge in [-0.3, -0.25) is 0 Å². The third-order valence-electron chi connectivity index (χ3n) is 4.50. The van der Waals surface area contributed by atoms with Gasteiger partial charge in [0, 0.05) is 6.61 Å². The topological polar surface area (TPSA) is 21.3 Å². The second-order valence-electron chi connectivity index (χ2n) is 5.76. The van der Waals surface area contributed by atoms with Crippen molar-refractivity contribution >= 4 is 0 Å². The minimum Gasteiger partial charge on any atom is -0.376 e. The molecule has 1 aliphatic heterocycles. The summed E-state index contributed by atoms with van der Waals surface area (Å²) in [6.45, 7) is 13.0. The molecule has 0 aliphatic carbocycles.